The molecule has 3 fully saturated rings. The van der Waals surface area contributed by atoms with Gasteiger partial charge in [-0.25, -0.2) is 0 Å². The molecular formula is C54H59F2N6O12PS. The van der Waals surface area contributed by atoms with Gasteiger partial charge in [-0.2, -0.15) is 8.78 Å². The van der Waals surface area contributed by atoms with Gasteiger partial charge in [0.2, 0.25) is 29.5 Å². The Morgan fingerprint density at radius 3 is 2.39 bits per heavy atom. The van der Waals surface area contributed by atoms with E-state index in [4.69, 9.17) is 4.74 Å². The lowest BCUT2D eigenvalue weighted by atomic mass is 9.85. The number of carbonyl (C=O) groups is 8. The maximum absolute atomic E-state index is 14.8. The highest BCUT2D eigenvalue weighted by Gasteiger charge is 2.51. The van der Waals surface area contributed by atoms with E-state index in [9.17, 15) is 61.5 Å². The molecule has 2 unspecified atom stereocenters. The zero-order chi connectivity index (χ0) is 54.7. The third-order valence-corrected chi connectivity index (χ3v) is 16.2. The van der Waals surface area contributed by atoms with Crippen molar-refractivity contribution in [1.29, 1.82) is 0 Å². The van der Waals surface area contributed by atoms with Crippen molar-refractivity contribution < 1.29 is 66.2 Å². The van der Waals surface area contributed by atoms with E-state index in [-0.39, 0.29) is 65.6 Å². The fourth-order valence-corrected chi connectivity index (χ4v) is 11.4. The molecule has 4 aliphatic heterocycles. The van der Waals surface area contributed by atoms with Crippen molar-refractivity contribution in [3.05, 3.63) is 105 Å². The Morgan fingerprint density at radius 1 is 0.921 bits per heavy atom. The van der Waals surface area contributed by atoms with E-state index in [1.165, 1.54) is 29.2 Å². The van der Waals surface area contributed by atoms with Gasteiger partial charge in [-0.15, -0.1) is 11.3 Å². The normalized spacial score (nSPS) is 20.5. The predicted octanol–water partition coefficient (Wildman–Crippen LogP) is 5.79. The summed E-state index contributed by atoms with van der Waals surface area (Å²) in [7, 11) is -5.85. The topological polar surface area (TPSA) is 249 Å². The van der Waals surface area contributed by atoms with Crippen molar-refractivity contribution in [3.63, 3.8) is 0 Å². The van der Waals surface area contributed by atoms with Crippen LogP contribution in [0, 0.1) is 17.3 Å². The SMILES string of the molecule is CC(C)(C)[C@H](NC(=O)c1cc2cc(C(F)(F)P(=O)(O)O)ccc2s1)C(=O)N1C[C@@H](OCC(=O)NCCCCCC#Cc2ccc3c(c2)C(=O)N(C2CCC(=O)NC2=O)C3=O)C[C@H]1C(=O)N1CCCC(c2ccccc2)C1. The van der Waals surface area contributed by atoms with Gasteiger partial charge in [-0.1, -0.05) is 75.4 Å². The van der Waals surface area contributed by atoms with Crippen molar-refractivity contribution in [2.45, 2.75) is 114 Å². The van der Waals surface area contributed by atoms with Gasteiger partial charge >= 0.3 is 13.3 Å². The second-order valence-corrected chi connectivity index (χ2v) is 23.3. The van der Waals surface area contributed by atoms with Crippen LogP contribution in [0.1, 0.15) is 132 Å². The zero-order valence-corrected chi connectivity index (χ0v) is 43.9. The quantitative estimate of drug-likeness (QED) is 0.0387. The van der Waals surface area contributed by atoms with E-state index in [2.05, 4.69) is 27.8 Å². The van der Waals surface area contributed by atoms with Crippen LogP contribution >= 0.6 is 18.9 Å². The van der Waals surface area contributed by atoms with Crippen molar-refractivity contribution in [2.75, 3.05) is 32.8 Å². The van der Waals surface area contributed by atoms with Gasteiger partial charge in [-0.05, 0) is 84.9 Å². The van der Waals surface area contributed by atoms with Gasteiger partial charge in [-0.3, -0.25) is 53.1 Å². The van der Waals surface area contributed by atoms with Crippen LogP contribution in [0.5, 0.6) is 0 Å². The molecule has 0 saturated carbocycles. The Hall–Kier alpha value is -6.69. The molecule has 76 heavy (non-hydrogen) atoms. The second kappa shape index (κ2) is 22.9. The van der Waals surface area contributed by atoms with Crippen molar-refractivity contribution in [3.8, 4) is 11.8 Å². The number of nitrogens with zero attached hydrogens (tertiary/aromatic N) is 3. The summed E-state index contributed by atoms with van der Waals surface area (Å²) in [5, 5.41) is 7.99. The fraction of sp³-hybridized carbons (Fsp3) is 0.444. The molecule has 1 aromatic heterocycles. The monoisotopic (exact) mass is 1080 g/mol. The molecule has 8 rings (SSSR count). The lowest BCUT2D eigenvalue weighted by Gasteiger charge is -2.38. The Balaban J connectivity index is 0.861. The van der Waals surface area contributed by atoms with Crippen LogP contribution in [0.15, 0.2) is 72.8 Å². The first-order chi connectivity index (χ1) is 36.0. The summed E-state index contributed by atoms with van der Waals surface area (Å²) >= 11 is 0.946. The summed E-state index contributed by atoms with van der Waals surface area (Å²) in [5.74, 6) is 1.89. The number of fused-ring (bicyclic) bond motifs is 2. The number of ether oxygens (including phenoxy) is 1. The highest BCUT2D eigenvalue weighted by Crippen LogP contribution is 2.59. The van der Waals surface area contributed by atoms with Crippen LogP contribution in [0.2, 0.25) is 0 Å². The van der Waals surface area contributed by atoms with E-state index in [0.29, 0.717) is 49.2 Å². The molecule has 402 valence electrons. The number of imide groups is 2. The minimum absolute atomic E-state index is 0.0228. The number of hydrogen-bond acceptors (Lipinski definition) is 11. The summed E-state index contributed by atoms with van der Waals surface area (Å²) < 4.78 is 47.2. The molecule has 4 aliphatic rings. The number of hydrogen-bond donors (Lipinski definition) is 5. The number of halogens is 2. The fourth-order valence-electron chi connectivity index (χ4n) is 10.0. The van der Waals surface area contributed by atoms with Crippen LogP contribution in [0.4, 0.5) is 8.78 Å². The van der Waals surface area contributed by atoms with Crippen LogP contribution in [0.25, 0.3) is 10.1 Å². The van der Waals surface area contributed by atoms with Crippen LogP contribution in [0.3, 0.4) is 0 Å². The van der Waals surface area contributed by atoms with Gasteiger partial charge in [0.05, 0.1) is 22.1 Å². The van der Waals surface area contributed by atoms with Crippen LogP contribution in [-0.2, 0) is 38.9 Å². The third-order valence-electron chi connectivity index (χ3n) is 14.1. The second-order valence-electron chi connectivity index (χ2n) is 20.6. The van der Waals surface area contributed by atoms with E-state index >= 15 is 0 Å². The lowest BCUT2D eigenvalue weighted by Crippen LogP contribution is -2.58. The number of likely N-dealkylation sites (tertiary alicyclic amines) is 2. The molecule has 4 aromatic rings. The largest absolute Gasteiger partial charge is 0.399 e. The highest BCUT2D eigenvalue weighted by atomic mass is 32.1. The maximum atomic E-state index is 14.8. The molecule has 5 heterocycles. The molecule has 22 heteroatoms. The van der Waals surface area contributed by atoms with Gasteiger partial charge in [0.25, 0.3) is 17.7 Å². The molecular weight excluding hydrogens is 1030 g/mol. The number of piperidine rings is 2. The van der Waals surface area contributed by atoms with Crippen molar-refractivity contribution in [1.82, 2.24) is 30.7 Å². The third kappa shape index (κ3) is 12.3. The Kier molecular flexibility index (Phi) is 16.7. The number of benzene rings is 3. The van der Waals surface area contributed by atoms with E-state index in [1.54, 1.807) is 31.7 Å². The smallest absolute Gasteiger partial charge is 0.366 e. The van der Waals surface area contributed by atoms with Gasteiger partial charge in [0, 0.05) is 67.2 Å². The molecule has 0 bridgehead atoms. The first-order valence-corrected chi connectivity index (χ1v) is 27.6. The minimum atomic E-state index is -5.85. The summed E-state index contributed by atoms with van der Waals surface area (Å²) in [6.07, 6.45) is 3.66. The van der Waals surface area contributed by atoms with Gasteiger partial charge < -0.3 is 35.0 Å². The number of nitrogens with one attached hydrogen (secondary N) is 3. The number of rotatable bonds is 16. The average Bonchev–Trinajstić information content (AvgIpc) is 4.09. The standard InChI is InChI=1S/C54H59F2N6O12PS/c1-53(2,3)46(59-48(66)43-27-35-26-36(18-21-42(35)76-43)54(55,56)75(71,72)73)52(70)61-30-37(28-41(61)51(69)60-24-12-16-34(29-60)33-14-9-7-10-15-33)74-31-45(64)57-23-11-6-4-5-8-13-32-17-19-38-39(25-32)50(68)62(49(38)67)40-20-22-44(63)58-47(40)65/h7,9-10,14-15,17-19,21,25-27,34,37,40-41,46H,4-6,11-12,16,20,22-24,28-31H2,1-3H3,(H,57,64)(H,59,66)(H,58,63,65)(H2,71,72,73)/t34?,37-,40?,41-,46+/m0/s1. The van der Waals surface area contributed by atoms with Crippen molar-refractivity contribution >= 4 is 76.3 Å². The summed E-state index contributed by atoms with van der Waals surface area (Å²) in [4.78, 5) is 129. The van der Waals surface area contributed by atoms with E-state index in [0.717, 1.165) is 53.2 Å². The minimum Gasteiger partial charge on any atom is -0.366 e. The van der Waals surface area contributed by atoms with E-state index < -0.39 is 89.8 Å². The van der Waals surface area contributed by atoms with Crippen LogP contribution in [-0.4, -0.2) is 129 Å². The Morgan fingerprint density at radius 2 is 1.67 bits per heavy atom. The summed E-state index contributed by atoms with van der Waals surface area (Å²) in [6.45, 7) is 6.11. The number of alkyl halides is 2. The van der Waals surface area contributed by atoms with Gasteiger partial charge in [0.1, 0.15) is 24.7 Å². The average molecular weight is 1090 g/mol. The number of thiophene rings is 1. The number of unbranched alkanes of at least 4 members (excludes halogenated alkanes) is 3. The highest BCUT2D eigenvalue weighted by molar-refractivity contribution is 7.52. The summed E-state index contributed by atoms with van der Waals surface area (Å²) in [5.41, 5.74) is -4.35. The Bertz CT molecular complexity index is 3070. The molecule has 5 N–H and O–H groups in total. The van der Waals surface area contributed by atoms with E-state index in [1.807, 2.05) is 30.3 Å². The molecule has 3 saturated heterocycles. The summed E-state index contributed by atoms with van der Waals surface area (Å²) in [6, 6.07) is 15.6. The van der Waals surface area contributed by atoms with Gasteiger partial charge in [0.15, 0.2) is 0 Å². The molecule has 8 amide bonds. The van der Waals surface area contributed by atoms with Crippen molar-refractivity contribution in [2.24, 2.45) is 5.41 Å². The molecule has 0 radical (unpaired) electrons. The molecule has 0 spiro atoms. The predicted molar refractivity (Wildman–Crippen MR) is 275 cm³/mol. The molecule has 3 aromatic carbocycles. The number of carbonyl (C=O) groups excluding carboxylic acids is 8. The lowest BCUT2D eigenvalue weighted by molar-refractivity contribution is -0.147. The molecule has 0 aliphatic carbocycles. The Labute approximate surface area is 441 Å². The molecule has 5 atom stereocenters. The first-order valence-electron chi connectivity index (χ1n) is 25.2. The maximum Gasteiger partial charge on any atom is 0.399 e. The van der Waals surface area contributed by atoms with Crippen LogP contribution < -0.4 is 16.0 Å². The zero-order valence-electron chi connectivity index (χ0n) is 42.1. The molecule has 18 nitrogen and oxygen atoms in total. The number of amides is 8. The first kappa shape index (κ1) is 55.5.